The predicted octanol–water partition coefficient (Wildman–Crippen LogP) is 11.2. The van der Waals surface area contributed by atoms with Crippen molar-refractivity contribution in [2.24, 2.45) is 10.3 Å². The summed E-state index contributed by atoms with van der Waals surface area (Å²) in [5, 5.41) is 9.09. The predicted molar refractivity (Wildman–Crippen MR) is 233 cm³/mol. The summed E-state index contributed by atoms with van der Waals surface area (Å²) in [5.74, 6) is -0.928. The minimum atomic E-state index is -4.05. The van der Waals surface area contributed by atoms with Crippen LogP contribution in [0.25, 0.3) is 22.3 Å². The van der Waals surface area contributed by atoms with Gasteiger partial charge in [-0.1, -0.05) is 122 Å². The molecule has 6 rings (SSSR count). The molecule has 58 heavy (non-hydrogen) atoms. The van der Waals surface area contributed by atoms with Gasteiger partial charge >= 0.3 is 11.4 Å². The fraction of sp³-hybridized carbons (Fsp3) is 0.0256. The number of primary sulfonamides is 2. The molecule has 0 aromatic heterocycles. The molecule has 0 atom stereocenters. The van der Waals surface area contributed by atoms with E-state index in [1.54, 1.807) is 54.6 Å². The summed E-state index contributed by atoms with van der Waals surface area (Å²) < 4.78 is 72.1. The number of carbonyl (C=O) groups excluding carboxylic acids is 2. The first kappa shape index (κ1) is 50.8. The fourth-order valence-electron chi connectivity index (χ4n) is 4.68. The quantitative estimate of drug-likeness (QED) is 0.0922. The number of nitrogens with two attached hydrogens (primary N) is 2. The molecule has 0 aliphatic carbocycles. The summed E-state index contributed by atoms with van der Waals surface area (Å²) in [4.78, 5) is 22.7. The summed E-state index contributed by atoms with van der Waals surface area (Å²) in [6.45, 7) is 0. The molecule has 6 aromatic rings. The smallest absolute Gasteiger partial charge is 0.289 e. The van der Waals surface area contributed by atoms with Crippen molar-refractivity contribution in [1.29, 1.82) is 0 Å². The lowest BCUT2D eigenvalue weighted by Crippen LogP contribution is -2.14. The Balaban J connectivity index is 0.000000307. The van der Waals surface area contributed by atoms with Gasteiger partial charge in [-0.05, 0) is 71.3 Å². The molecule has 0 fully saturated rings. The Morgan fingerprint density at radius 3 is 1.26 bits per heavy atom. The molecule has 0 aliphatic heterocycles. The van der Waals surface area contributed by atoms with E-state index < -0.39 is 42.5 Å². The molecular weight excluding hydrogens is 934 g/mol. The van der Waals surface area contributed by atoms with Crippen molar-refractivity contribution >= 4 is 107 Å². The summed E-state index contributed by atoms with van der Waals surface area (Å²) >= 11 is 14.8. The summed E-state index contributed by atoms with van der Waals surface area (Å²) in [6, 6.07) is 36.5. The first-order chi connectivity index (χ1) is 26.7. The average Bonchev–Trinajstić information content (AvgIpc) is 3.15. The van der Waals surface area contributed by atoms with Crippen molar-refractivity contribution in [1.82, 2.24) is 0 Å². The van der Waals surface area contributed by atoms with Crippen molar-refractivity contribution in [3.8, 4) is 22.3 Å². The van der Waals surface area contributed by atoms with Crippen molar-refractivity contribution < 1.29 is 35.2 Å². The van der Waals surface area contributed by atoms with Gasteiger partial charge in [0.25, 0.3) is 5.24 Å². The van der Waals surface area contributed by atoms with Crippen molar-refractivity contribution in [2.45, 2.75) is 17.2 Å². The largest absolute Gasteiger partial charge is 0.643 e. The topological polar surface area (TPSA) is 154 Å². The molecule has 0 bridgehead atoms. The van der Waals surface area contributed by atoms with Crippen LogP contribution in [0.5, 0.6) is 0 Å². The van der Waals surface area contributed by atoms with Crippen LogP contribution in [-0.4, -0.2) is 39.2 Å². The standard InChI is InChI=1S/C19H13ClFNO3S.C12H9F.C7H5Cl2NO3S.CH4.Al.3ClH/c20-16-10-9-14(11-18(16)26(22,24)25)19(23)13-7-5-12(6-8-13)15-3-1-2-4-17(15)21;13-12-9-5-4-8-11(12)10-6-2-1-3-7-10;8-5-2-1-4(7(9)11)3-6(5)14(10,12)13;;;;;/h1-11H,(H2,22,24,25);1-9H;1-3H,(H2,10,12,13);1H4;;3*1H/q;;;;+3;;;/p-3. The Labute approximate surface area is 367 Å². The third-order valence-electron chi connectivity index (χ3n) is 7.26. The van der Waals surface area contributed by atoms with Crippen LogP contribution >= 0.6 is 65.0 Å². The second-order valence-electron chi connectivity index (χ2n) is 11.1. The number of carbonyl (C=O) groups is 2. The van der Waals surface area contributed by atoms with Gasteiger partial charge in [-0.15, -0.1) is 0 Å². The maximum absolute atomic E-state index is 13.8. The minimum Gasteiger partial charge on any atom is -0.289 e. The van der Waals surface area contributed by atoms with E-state index in [1.807, 2.05) is 36.4 Å². The molecule has 8 nitrogen and oxygen atoms in total. The third kappa shape index (κ3) is 15.7. The van der Waals surface area contributed by atoms with E-state index in [2.05, 4.69) is 0 Å². The SMILES string of the molecule is C.Fc1ccccc1-c1ccccc1.NS(=O)(=O)c1cc(C(=O)Cl)ccc1Cl.NS(=O)(=O)c1cc(C(=O)c2ccc(-c3ccccc3F)cc2)ccc1Cl.[Cl][Al]([Cl])[Cl]. The Morgan fingerprint density at radius 2 is 0.862 bits per heavy atom. The Bertz CT molecular complexity index is 2570. The number of sulfonamides is 2. The van der Waals surface area contributed by atoms with Gasteiger partial charge < -0.3 is 0 Å². The maximum atomic E-state index is 13.8. The van der Waals surface area contributed by atoms with Crippen LogP contribution < -0.4 is 10.3 Å². The molecule has 0 amide bonds. The van der Waals surface area contributed by atoms with Gasteiger partial charge in [0.15, 0.2) is 5.78 Å². The second-order valence-corrected chi connectivity index (χ2v) is 21.8. The number of rotatable bonds is 7. The molecule has 4 N–H and O–H groups in total. The molecule has 0 radical (unpaired) electrons. The highest BCUT2D eigenvalue weighted by Gasteiger charge is 2.18. The summed E-state index contributed by atoms with van der Waals surface area (Å²) in [6.07, 6.45) is 0. The lowest BCUT2D eigenvalue weighted by molar-refractivity contribution is 0.103. The summed E-state index contributed by atoms with van der Waals surface area (Å²) in [7, 11) is 6.86. The van der Waals surface area contributed by atoms with Gasteiger partial charge in [0.2, 0.25) is 20.0 Å². The van der Waals surface area contributed by atoms with Crippen molar-refractivity contribution in [3.05, 3.63) is 178 Å². The molecule has 0 aliphatic rings. The van der Waals surface area contributed by atoms with Crippen LogP contribution in [0.1, 0.15) is 33.7 Å². The molecule has 0 saturated carbocycles. The second kappa shape index (κ2) is 23.4. The van der Waals surface area contributed by atoms with Crippen LogP contribution in [0, 0.1) is 11.6 Å². The average molecular weight is 966 g/mol. The van der Waals surface area contributed by atoms with Gasteiger partial charge in [-0.25, -0.2) is 66.0 Å². The fourth-order valence-corrected chi connectivity index (χ4v) is 6.94. The first-order valence-corrected chi connectivity index (χ1v) is 25.1. The Kier molecular flexibility index (Phi) is 20.5. The molecule has 0 spiro atoms. The molecule has 304 valence electrons. The van der Waals surface area contributed by atoms with Crippen LogP contribution in [0.3, 0.4) is 0 Å². The van der Waals surface area contributed by atoms with E-state index >= 15 is 0 Å². The number of hydrogen-bond donors (Lipinski definition) is 2. The molecule has 0 heterocycles. The van der Waals surface area contributed by atoms with E-state index in [4.69, 9.17) is 75.2 Å². The number of halogens is 8. The third-order valence-corrected chi connectivity index (χ3v) is 10.3. The molecular formula is C39H31AlCl6F2N2O6S2. The Hall–Kier alpha value is -3.39. The number of hydrogen-bond acceptors (Lipinski definition) is 6. The monoisotopic (exact) mass is 962 g/mol. The lowest BCUT2D eigenvalue weighted by Gasteiger charge is -2.07. The molecule has 0 unspecified atom stereocenters. The highest BCUT2D eigenvalue weighted by atomic mass is 35.8. The van der Waals surface area contributed by atoms with Crippen LogP contribution in [0.2, 0.25) is 10.0 Å². The van der Waals surface area contributed by atoms with Crippen molar-refractivity contribution in [2.75, 3.05) is 0 Å². The zero-order valence-corrected chi connectivity index (χ0v) is 36.1. The molecule has 19 heteroatoms. The van der Waals surface area contributed by atoms with Crippen LogP contribution in [0.15, 0.2) is 149 Å². The van der Waals surface area contributed by atoms with E-state index in [0.29, 0.717) is 22.3 Å². The normalized spacial score (nSPS) is 10.5. The zero-order valence-electron chi connectivity index (χ0n) is 28.8. The Morgan fingerprint density at radius 1 is 0.517 bits per heavy atom. The van der Waals surface area contributed by atoms with E-state index in [0.717, 1.165) is 17.7 Å². The minimum absolute atomic E-state index is 0. The lowest BCUT2D eigenvalue weighted by atomic mass is 9.99. The van der Waals surface area contributed by atoms with E-state index in [-0.39, 0.29) is 50.0 Å². The van der Waals surface area contributed by atoms with Gasteiger partial charge in [0.05, 0.1) is 10.0 Å². The molecule has 0 saturated heterocycles. The van der Waals surface area contributed by atoms with Crippen LogP contribution in [0.4, 0.5) is 8.78 Å². The van der Waals surface area contributed by atoms with Gasteiger partial charge in [-0.3, -0.25) is 9.59 Å². The number of ketones is 1. The highest BCUT2D eigenvalue weighted by Crippen LogP contribution is 2.26. The van der Waals surface area contributed by atoms with Gasteiger partial charge in [0.1, 0.15) is 21.4 Å². The van der Waals surface area contributed by atoms with Gasteiger partial charge in [-0.2, -0.15) is 0 Å². The van der Waals surface area contributed by atoms with E-state index in [1.165, 1.54) is 36.4 Å². The first-order valence-electron chi connectivity index (χ1n) is 15.7. The zero-order chi connectivity index (χ0) is 42.5. The van der Waals surface area contributed by atoms with Crippen LogP contribution in [-0.2, 0) is 20.0 Å². The summed E-state index contributed by atoms with van der Waals surface area (Å²) in [5.41, 5.74) is 3.11. The van der Waals surface area contributed by atoms with Crippen molar-refractivity contribution in [3.63, 3.8) is 0 Å². The van der Waals surface area contributed by atoms with Gasteiger partial charge in [0, 0.05) is 27.8 Å². The highest BCUT2D eigenvalue weighted by molar-refractivity contribution is 7.89. The number of benzene rings is 6. The molecule has 6 aromatic carbocycles. The van der Waals surface area contributed by atoms with E-state index in [9.17, 15) is 35.2 Å². The maximum Gasteiger partial charge on any atom is 0.643 e.